The molecule has 0 unspecified atom stereocenters. The number of nitrogens with one attached hydrogen (secondary N) is 1. The van der Waals surface area contributed by atoms with Crippen molar-refractivity contribution >= 4 is 17.9 Å². The number of hydrogen-bond acceptors (Lipinski definition) is 7. The number of esters is 2. The summed E-state index contributed by atoms with van der Waals surface area (Å²) < 4.78 is 9.96. The number of nitrogens with zero attached hydrogens (tertiary/aromatic N) is 2. The third-order valence-electron chi connectivity index (χ3n) is 3.26. The van der Waals surface area contributed by atoms with Crippen molar-refractivity contribution in [2.45, 2.75) is 45.3 Å². The van der Waals surface area contributed by atoms with E-state index >= 15 is 0 Å². The number of carbonyl (C=O) groups excluding carboxylic acids is 2. The Morgan fingerprint density at radius 1 is 1.32 bits per heavy atom. The fourth-order valence-electron chi connectivity index (χ4n) is 2.14. The number of methoxy groups -OCH3 is 1. The molecule has 0 saturated heterocycles. The molecular formula is C15H21N3O4. The van der Waals surface area contributed by atoms with E-state index in [0.29, 0.717) is 18.8 Å². The number of rotatable bonds is 4. The lowest BCUT2D eigenvalue weighted by atomic mass is 9.80. The maximum Gasteiger partial charge on any atom is 0.356 e. The molecule has 120 valence electrons. The molecule has 0 aliphatic heterocycles. The molecule has 0 bridgehead atoms. The van der Waals surface area contributed by atoms with Crippen molar-refractivity contribution in [3.8, 4) is 0 Å². The first-order chi connectivity index (χ1) is 10.3. The van der Waals surface area contributed by atoms with Crippen LogP contribution in [-0.2, 0) is 14.3 Å². The fraction of sp³-hybridized carbons (Fsp3) is 0.600. The van der Waals surface area contributed by atoms with Gasteiger partial charge < -0.3 is 14.8 Å². The average molecular weight is 307 g/mol. The minimum Gasteiger partial charge on any atom is -0.464 e. The van der Waals surface area contributed by atoms with Crippen LogP contribution in [0.15, 0.2) is 12.3 Å². The highest BCUT2D eigenvalue weighted by molar-refractivity contribution is 5.87. The molecule has 1 aromatic heterocycles. The second kappa shape index (κ2) is 6.29. The third kappa shape index (κ3) is 4.16. The Balaban J connectivity index is 1.85. The highest BCUT2D eigenvalue weighted by Gasteiger charge is 2.37. The van der Waals surface area contributed by atoms with Crippen molar-refractivity contribution in [2.24, 2.45) is 5.92 Å². The molecule has 0 aromatic carbocycles. The van der Waals surface area contributed by atoms with E-state index in [4.69, 9.17) is 4.74 Å². The Hall–Kier alpha value is -2.18. The van der Waals surface area contributed by atoms with Crippen LogP contribution < -0.4 is 5.32 Å². The molecular weight excluding hydrogens is 286 g/mol. The number of aromatic nitrogens is 2. The molecule has 7 nitrogen and oxygen atoms in total. The van der Waals surface area contributed by atoms with E-state index in [9.17, 15) is 9.59 Å². The molecule has 1 aliphatic carbocycles. The van der Waals surface area contributed by atoms with Crippen molar-refractivity contribution < 1.29 is 19.1 Å². The van der Waals surface area contributed by atoms with Crippen LogP contribution in [0.4, 0.5) is 5.95 Å². The summed E-state index contributed by atoms with van der Waals surface area (Å²) in [5.41, 5.74) is -0.267. The molecule has 1 saturated carbocycles. The molecule has 0 atom stereocenters. The number of carbonyl (C=O) groups is 2. The third-order valence-corrected chi connectivity index (χ3v) is 3.26. The lowest BCUT2D eigenvalue weighted by Crippen LogP contribution is -2.42. The standard InChI is InChI=1S/C15H21N3O4/c1-15(2,3)22-12(19)9-7-10(8-9)17-14-16-6-5-11(18-14)13(20)21-4/h5-6,9-10H,7-8H2,1-4H3,(H,16,17,18). The topological polar surface area (TPSA) is 90.4 Å². The smallest absolute Gasteiger partial charge is 0.356 e. The molecule has 1 N–H and O–H groups in total. The quantitative estimate of drug-likeness (QED) is 0.848. The van der Waals surface area contributed by atoms with Gasteiger partial charge in [-0.05, 0) is 39.7 Å². The maximum absolute atomic E-state index is 11.9. The predicted octanol–water partition coefficient (Wildman–Crippen LogP) is 1.80. The van der Waals surface area contributed by atoms with Crippen molar-refractivity contribution in [3.05, 3.63) is 18.0 Å². The number of anilines is 1. The van der Waals surface area contributed by atoms with Gasteiger partial charge >= 0.3 is 11.9 Å². The Bertz CT molecular complexity index is 562. The van der Waals surface area contributed by atoms with Crippen LogP contribution in [-0.4, -0.2) is 40.7 Å². The first kappa shape index (κ1) is 16.2. The van der Waals surface area contributed by atoms with E-state index in [1.54, 1.807) is 0 Å². The van der Waals surface area contributed by atoms with E-state index in [-0.39, 0.29) is 23.6 Å². The Morgan fingerprint density at radius 3 is 2.59 bits per heavy atom. The van der Waals surface area contributed by atoms with Gasteiger partial charge in [0, 0.05) is 12.2 Å². The van der Waals surface area contributed by atoms with Gasteiger partial charge in [-0.3, -0.25) is 4.79 Å². The van der Waals surface area contributed by atoms with Gasteiger partial charge in [0.15, 0.2) is 5.69 Å². The van der Waals surface area contributed by atoms with Gasteiger partial charge in [0.2, 0.25) is 5.95 Å². The highest BCUT2D eigenvalue weighted by Crippen LogP contribution is 2.31. The monoisotopic (exact) mass is 307 g/mol. The Kier molecular flexibility index (Phi) is 4.63. The van der Waals surface area contributed by atoms with Crippen LogP contribution in [0.25, 0.3) is 0 Å². The van der Waals surface area contributed by atoms with Crippen molar-refractivity contribution in [3.63, 3.8) is 0 Å². The molecule has 7 heteroatoms. The summed E-state index contributed by atoms with van der Waals surface area (Å²) in [4.78, 5) is 31.4. The van der Waals surface area contributed by atoms with Gasteiger partial charge in [-0.2, -0.15) is 0 Å². The zero-order valence-electron chi connectivity index (χ0n) is 13.3. The van der Waals surface area contributed by atoms with Gasteiger partial charge in [0.25, 0.3) is 0 Å². The predicted molar refractivity (Wildman–Crippen MR) is 79.4 cm³/mol. The average Bonchev–Trinajstić information content (AvgIpc) is 2.39. The van der Waals surface area contributed by atoms with Gasteiger partial charge in [0.05, 0.1) is 13.0 Å². The van der Waals surface area contributed by atoms with Crippen LogP contribution in [0, 0.1) is 5.92 Å². The van der Waals surface area contributed by atoms with Crippen LogP contribution >= 0.6 is 0 Å². The molecule has 1 aromatic rings. The molecule has 0 spiro atoms. The van der Waals surface area contributed by atoms with Gasteiger partial charge in [0.1, 0.15) is 5.60 Å². The molecule has 2 rings (SSSR count). The van der Waals surface area contributed by atoms with E-state index in [2.05, 4.69) is 20.0 Å². The zero-order valence-corrected chi connectivity index (χ0v) is 13.3. The molecule has 0 radical (unpaired) electrons. The number of hydrogen-bond donors (Lipinski definition) is 1. The van der Waals surface area contributed by atoms with Crippen LogP contribution in [0.1, 0.15) is 44.1 Å². The largest absolute Gasteiger partial charge is 0.464 e. The SMILES string of the molecule is COC(=O)c1ccnc(NC2CC(C(=O)OC(C)(C)C)C2)n1. The minimum atomic E-state index is -0.509. The Labute approximate surface area is 129 Å². The summed E-state index contributed by atoms with van der Waals surface area (Å²) in [5.74, 6) is -0.420. The van der Waals surface area contributed by atoms with Gasteiger partial charge in [-0.1, -0.05) is 0 Å². The van der Waals surface area contributed by atoms with E-state index in [1.807, 2.05) is 20.8 Å². The molecule has 1 fully saturated rings. The minimum absolute atomic E-state index is 0.0967. The zero-order chi connectivity index (χ0) is 16.3. The summed E-state index contributed by atoms with van der Waals surface area (Å²) in [6.07, 6.45) is 2.83. The summed E-state index contributed by atoms with van der Waals surface area (Å²) in [5, 5.41) is 3.11. The normalized spacial score (nSPS) is 20.7. The van der Waals surface area contributed by atoms with Crippen LogP contribution in [0.2, 0.25) is 0 Å². The van der Waals surface area contributed by atoms with Gasteiger partial charge in [-0.25, -0.2) is 14.8 Å². The summed E-state index contributed by atoms with van der Waals surface area (Å²) >= 11 is 0. The summed E-state index contributed by atoms with van der Waals surface area (Å²) in [7, 11) is 1.30. The first-order valence-corrected chi connectivity index (χ1v) is 7.19. The highest BCUT2D eigenvalue weighted by atomic mass is 16.6. The van der Waals surface area contributed by atoms with Gasteiger partial charge in [-0.15, -0.1) is 0 Å². The van der Waals surface area contributed by atoms with Crippen molar-refractivity contribution in [2.75, 3.05) is 12.4 Å². The molecule has 1 aliphatic rings. The maximum atomic E-state index is 11.9. The lowest BCUT2D eigenvalue weighted by molar-refractivity contribution is -0.163. The van der Waals surface area contributed by atoms with Crippen LogP contribution in [0.3, 0.4) is 0 Å². The summed E-state index contributed by atoms with van der Waals surface area (Å²) in [6, 6.07) is 1.59. The van der Waals surface area contributed by atoms with E-state index < -0.39 is 11.6 Å². The Morgan fingerprint density at radius 2 is 2.00 bits per heavy atom. The van der Waals surface area contributed by atoms with Crippen molar-refractivity contribution in [1.82, 2.24) is 9.97 Å². The summed E-state index contributed by atoms with van der Waals surface area (Å²) in [6.45, 7) is 5.56. The molecule has 0 amide bonds. The van der Waals surface area contributed by atoms with E-state index in [1.165, 1.54) is 19.4 Å². The second-order valence-electron chi connectivity index (χ2n) is 6.30. The van der Waals surface area contributed by atoms with E-state index in [0.717, 1.165) is 0 Å². The lowest BCUT2D eigenvalue weighted by Gasteiger charge is -2.35. The number of ether oxygens (including phenoxy) is 2. The molecule has 22 heavy (non-hydrogen) atoms. The fourth-order valence-corrected chi connectivity index (χ4v) is 2.14. The van der Waals surface area contributed by atoms with Crippen LogP contribution in [0.5, 0.6) is 0 Å². The second-order valence-corrected chi connectivity index (χ2v) is 6.30. The first-order valence-electron chi connectivity index (χ1n) is 7.19. The van der Waals surface area contributed by atoms with Crippen molar-refractivity contribution in [1.29, 1.82) is 0 Å². The molecule has 1 heterocycles.